The second-order valence-corrected chi connectivity index (χ2v) is 8.96. The first-order chi connectivity index (χ1) is 13.8. The third kappa shape index (κ3) is 5.15. The molecule has 154 valence electrons. The molecule has 0 spiro atoms. The molecule has 0 saturated carbocycles. The first kappa shape index (κ1) is 20.9. The smallest absolute Gasteiger partial charge is 0.324 e. The highest BCUT2D eigenvalue weighted by Gasteiger charge is 2.29. The van der Waals surface area contributed by atoms with Gasteiger partial charge >= 0.3 is 6.03 Å². The zero-order valence-corrected chi connectivity index (χ0v) is 16.4. The van der Waals surface area contributed by atoms with Crippen molar-refractivity contribution in [1.29, 1.82) is 0 Å². The van der Waals surface area contributed by atoms with Crippen molar-refractivity contribution < 1.29 is 22.4 Å². The van der Waals surface area contributed by atoms with Gasteiger partial charge in [0.1, 0.15) is 5.82 Å². The molecule has 0 aliphatic carbocycles. The third-order valence-corrected chi connectivity index (χ3v) is 6.23. The second kappa shape index (κ2) is 8.66. The fourth-order valence-electron chi connectivity index (χ4n) is 2.95. The summed E-state index contributed by atoms with van der Waals surface area (Å²) < 4.78 is 37.1. The maximum atomic E-state index is 13.8. The van der Waals surface area contributed by atoms with Crippen LogP contribution >= 0.6 is 0 Å². The van der Waals surface area contributed by atoms with Gasteiger partial charge in [0.2, 0.25) is 0 Å². The number of carbonyl (C=O) groups excluding carboxylic acids is 2. The number of pyridine rings is 1. The van der Waals surface area contributed by atoms with Crippen LogP contribution in [0.3, 0.4) is 0 Å². The van der Waals surface area contributed by atoms with E-state index in [-0.39, 0.29) is 43.5 Å². The van der Waals surface area contributed by atoms with Gasteiger partial charge in [0, 0.05) is 30.5 Å². The van der Waals surface area contributed by atoms with Gasteiger partial charge in [-0.25, -0.2) is 17.6 Å². The molecule has 2 heterocycles. The number of benzene rings is 1. The number of nitrogens with zero attached hydrogens (tertiary/aromatic N) is 3. The summed E-state index contributed by atoms with van der Waals surface area (Å²) in [7, 11) is -3.15. The first-order valence-corrected chi connectivity index (χ1v) is 10.8. The van der Waals surface area contributed by atoms with E-state index in [0.29, 0.717) is 16.9 Å². The highest BCUT2D eigenvalue weighted by atomic mass is 32.2. The number of anilines is 1. The first-order valence-electron chi connectivity index (χ1n) is 9.00. The molecule has 2 aromatic rings. The van der Waals surface area contributed by atoms with Crippen LogP contribution in [0.25, 0.3) is 0 Å². The predicted octanol–water partition coefficient (Wildman–Crippen LogP) is 1.22. The van der Waals surface area contributed by atoms with E-state index in [9.17, 15) is 22.4 Å². The molecule has 0 unspecified atom stereocenters. The summed E-state index contributed by atoms with van der Waals surface area (Å²) in [6.07, 6.45) is 1.38. The molecule has 1 fully saturated rings. The van der Waals surface area contributed by atoms with E-state index in [1.807, 2.05) is 0 Å². The van der Waals surface area contributed by atoms with E-state index in [1.54, 1.807) is 18.2 Å². The largest absolute Gasteiger partial charge is 0.324 e. The Morgan fingerprint density at radius 3 is 2.48 bits per heavy atom. The maximum absolute atomic E-state index is 13.8. The minimum atomic E-state index is -3.15. The van der Waals surface area contributed by atoms with Crippen LogP contribution in [0.15, 0.2) is 42.6 Å². The minimum Gasteiger partial charge on any atom is -0.324 e. The van der Waals surface area contributed by atoms with E-state index >= 15 is 0 Å². The van der Waals surface area contributed by atoms with Crippen molar-refractivity contribution in [3.8, 4) is 0 Å². The van der Waals surface area contributed by atoms with Crippen molar-refractivity contribution in [2.75, 3.05) is 36.0 Å². The number of hydrogen-bond acceptors (Lipinski definition) is 6. The predicted molar refractivity (Wildman–Crippen MR) is 106 cm³/mol. The van der Waals surface area contributed by atoms with Crippen molar-refractivity contribution in [1.82, 2.24) is 9.88 Å². The number of sulfone groups is 1. The molecule has 1 aliphatic heterocycles. The summed E-state index contributed by atoms with van der Waals surface area (Å²) in [4.78, 5) is 31.7. The standard InChI is InChI=1S/C19H21FN4O4S/c20-15-2-1-3-17(10-15)24(19(26)23-6-8-29(27,28)9-7-23)13-16-5-4-14(12-22-16)18(25)11-21/h1-5,10,12H,6-9,11,13,21H2. The van der Waals surface area contributed by atoms with Gasteiger partial charge in [-0.15, -0.1) is 0 Å². The molecule has 0 radical (unpaired) electrons. The number of urea groups is 1. The average molecular weight is 420 g/mol. The topological polar surface area (TPSA) is 114 Å². The molecule has 2 N–H and O–H groups in total. The summed E-state index contributed by atoms with van der Waals surface area (Å²) >= 11 is 0. The summed E-state index contributed by atoms with van der Waals surface area (Å²) in [5.41, 5.74) is 6.52. The maximum Gasteiger partial charge on any atom is 0.324 e. The van der Waals surface area contributed by atoms with Crippen LogP contribution in [-0.4, -0.2) is 61.3 Å². The summed E-state index contributed by atoms with van der Waals surface area (Å²) in [6.45, 7) is 0.0458. The monoisotopic (exact) mass is 420 g/mol. The van der Waals surface area contributed by atoms with Gasteiger partial charge in [-0.1, -0.05) is 6.07 Å². The third-order valence-electron chi connectivity index (χ3n) is 4.62. The average Bonchev–Trinajstić information content (AvgIpc) is 2.71. The van der Waals surface area contributed by atoms with Crippen LogP contribution in [0.4, 0.5) is 14.9 Å². The fraction of sp³-hybridized carbons (Fsp3) is 0.316. The van der Waals surface area contributed by atoms with Gasteiger partial charge in [-0.2, -0.15) is 0 Å². The van der Waals surface area contributed by atoms with Gasteiger partial charge in [0.05, 0.1) is 30.3 Å². The lowest BCUT2D eigenvalue weighted by Crippen LogP contribution is -2.49. The van der Waals surface area contributed by atoms with Crippen molar-refractivity contribution in [3.05, 3.63) is 59.7 Å². The quantitative estimate of drug-likeness (QED) is 0.728. The number of rotatable bonds is 5. The number of ketones is 1. The summed E-state index contributed by atoms with van der Waals surface area (Å²) in [6, 6.07) is 8.31. The number of Topliss-reactive ketones (excluding diaryl/α,β-unsaturated/α-hetero) is 1. The van der Waals surface area contributed by atoms with Gasteiger partial charge in [-0.3, -0.25) is 14.7 Å². The van der Waals surface area contributed by atoms with Gasteiger partial charge in [0.25, 0.3) is 0 Å². The van der Waals surface area contributed by atoms with Crippen LogP contribution in [0.1, 0.15) is 16.1 Å². The number of aromatic nitrogens is 1. The Labute approximate surface area is 168 Å². The molecule has 0 atom stereocenters. The Morgan fingerprint density at radius 1 is 1.17 bits per heavy atom. The van der Waals surface area contributed by atoms with Gasteiger partial charge < -0.3 is 10.6 Å². The van der Waals surface area contributed by atoms with E-state index in [4.69, 9.17) is 5.73 Å². The Hall–Kier alpha value is -2.85. The molecule has 0 bridgehead atoms. The molecule has 10 heteroatoms. The fourth-order valence-corrected chi connectivity index (χ4v) is 4.15. The molecule has 1 aliphatic rings. The second-order valence-electron chi connectivity index (χ2n) is 6.65. The highest BCUT2D eigenvalue weighted by molar-refractivity contribution is 7.91. The zero-order valence-electron chi connectivity index (χ0n) is 15.6. The Kier molecular flexibility index (Phi) is 6.23. The van der Waals surface area contributed by atoms with Crippen molar-refractivity contribution in [2.24, 2.45) is 5.73 Å². The van der Waals surface area contributed by atoms with E-state index in [0.717, 1.165) is 0 Å². The molecule has 1 saturated heterocycles. The van der Waals surface area contributed by atoms with Gasteiger partial charge in [0.15, 0.2) is 15.6 Å². The number of amides is 2. The Morgan fingerprint density at radius 2 is 1.90 bits per heavy atom. The van der Waals surface area contributed by atoms with Gasteiger partial charge in [-0.05, 0) is 30.3 Å². The van der Waals surface area contributed by atoms with E-state index in [1.165, 1.54) is 34.2 Å². The molecule has 8 nitrogen and oxygen atoms in total. The number of halogens is 1. The van der Waals surface area contributed by atoms with Crippen LogP contribution in [-0.2, 0) is 16.4 Å². The van der Waals surface area contributed by atoms with Crippen LogP contribution in [0, 0.1) is 5.82 Å². The lowest BCUT2D eigenvalue weighted by Gasteiger charge is -2.32. The molecule has 2 amide bonds. The number of carbonyl (C=O) groups is 2. The molecular formula is C19H21FN4O4S. The number of hydrogen-bond donors (Lipinski definition) is 1. The zero-order chi connectivity index (χ0) is 21.0. The van der Waals surface area contributed by atoms with Crippen LogP contribution in [0.2, 0.25) is 0 Å². The van der Waals surface area contributed by atoms with E-state index < -0.39 is 21.7 Å². The normalized spacial score (nSPS) is 15.7. The molecule has 1 aromatic heterocycles. The van der Waals surface area contributed by atoms with E-state index in [2.05, 4.69) is 4.98 Å². The van der Waals surface area contributed by atoms with Crippen LogP contribution in [0.5, 0.6) is 0 Å². The Balaban J connectivity index is 1.85. The number of nitrogens with two attached hydrogens (primary N) is 1. The lowest BCUT2D eigenvalue weighted by atomic mass is 10.1. The Bertz CT molecular complexity index is 997. The SMILES string of the molecule is NCC(=O)c1ccc(CN(C(=O)N2CCS(=O)(=O)CC2)c2cccc(F)c2)nc1. The summed E-state index contributed by atoms with van der Waals surface area (Å²) in [5.74, 6) is -0.969. The molecule has 1 aromatic carbocycles. The lowest BCUT2D eigenvalue weighted by molar-refractivity contribution is 0.100. The molecule has 3 rings (SSSR count). The minimum absolute atomic E-state index is 0.0304. The van der Waals surface area contributed by atoms with Crippen LogP contribution < -0.4 is 10.6 Å². The van der Waals surface area contributed by atoms with Crippen molar-refractivity contribution in [2.45, 2.75) is 6.54 Å². The van der Waals surface area contributed by atoms with Crippen molar-refractivity contribution >= 4 is 27.3 Å². The highest BCUT2D eigenvalue weighted by Crippen LogP contribution is 2.21. The summed E-state index contributed by atoms with van der Waals surface area (Å²) in [5, 5.41) is 0. The molecule has 29 heavy (non-hydrogen) atoms. The van der Waals surface area contributed by atoms with Crippen molar-refractivity contribution in [3.63, 3.8) is 0 Å². The molecular weight excluding hydrogens is 399 g/mol.